The van der Waals surface area contributed by atoms with Crippen molar-refractivity contribution >= 4 is 15.9 Å². The summed E-state index contributed by atoms with van der Waals surface area (Å²) in [6, 6.07) is 2.03. The third kappa shape index (κ3) is 4.26. The molecule has 106 valence electrons. The van der Waals surface area contributed by atoms with Crippen molar-refractivity contribution < 1.29 is 0 Å². The first kappa shape index (κ1) is 14.9. The largest absolute Gasteiger partial charge is 0.305 e. The third-order valence-electron chi connectivity index (χ3n) is 3.71. The molecule has 0 bridgehead atoms. The Labute approximate surface area is 124 Å². The van der Waals surface area contributed by atoms with E-state index in [9.17, 15) is 0 Å². The molecule has 1 saturated heterocycles. The van der Waals surface area contributed by atoms with E-state index in [4.69, 9.17) is 0 Å². The van der Waals surface area contributed by atoms with Gasteiger partial charge in [-0.3, -0.25) is 4.98 Å². The lowest BCUT2D eigenvalue weighted by molar-refractivity contribution is 0.233. The highest BCUT2D eigenvalue weighted by atomic mass is 79.9. The summed E-state index contributed by atoms with van der Waals surface area (Å²) in [4.78, 5) is 7.00. The van der Waals surface area contributed by atoms with Crippen molar-refractivity contribution in [2.24, 2.45) is 0 Å². The predicted octanol–water partition coefficient (Wildman–Crippen LogP) is 3.12. The molecule has 0 amide bonds. The van der Waals surface area contributed by atoms with Crippen LogP contribution in [-0.2, 0) is 6.54 Å². The lowest BCUT2D eigenvalue weighted by Gasteiger charge is -2.31. The Hall–Kier alpha value is -0.450. The molecule has 0 aromatic carbocycles. The van der Waals surface area contributed by atoms with E-state index >= 15 is 0 Å². The van der Waals surface area contributed by atoms with E-state index in [1.807, 2.05) is 12.3 Å². The molecule has 1 aliphatic rings. The van der Waals surface area contributed by atoms with Gasteiger partial charge in [0.2, 0.25) is 0 Å². The van der Waals surface area contributed by atoms with Gasteiger partial charge in [0.1, 0.15) is 0 Å². The summed E-state index contributed by atoms with van der Waals surface area (Å²) in [7, 11) is 0. The normalized spacial score (nSPS) is 17.1. The van der Waals surface area contributed by atoms with Crippen LogP contribution in [-0.4, -0.2) is 35.1 Å². The predicted molar refractivity (Wildman–Crippen MR) is 83.3 cm³/mol. The Balaban J connectivity index is 1.91. The summed E-state index contributed by atoms with van der Waals surface area (Å²) >= 11 is 3.62. The first-order chi connectivity index (χ1) is 8.98. The number of aryl methyl sites for hydroxylation is 1. The van der Waals surface area contributed by atoms with Gasteiger partial charge in [0, 0.05) is 29.3 Å². The standard InChI is InChI=1S/C15H24BrN3/c1-12-6-7-17-13(14(12)16)10-18-15(2,3)11-19-8-4-5-9-19/h6-7,18H,4-5,8-11H2,1-3H3. The lowest BCUT2D eigenvalue weighted by atomic mass is 10.0. The molecule has 19 heavy (non-hydrogen) atoms. The first-order valence-electron chi connectivity index (χ1n) is 7.05. The van der Waals surface area contributed by atoms with Crippen LogP contribution in [0.15, 0.2) is 16.7 Å². The molecule has 0 radical (unpaired) electrons. The molecule has 0 atom stereocenters. The number of hydrogen-bond donors (Lipinski definition) is 1. The highest BCUT2D eigenvalue weighted by Gasteiger charge is 2.23. The Morgan fingerprint density at radius 1 is 1.37 bits per heavy atom. The molecular formula is C15H24BrN3. The molecule has 1 fully saturated rings. The summed E-state index contributed by atoms with van der Waals surface area (Å²) in [5, 5.41) is 3.64. The van der Waals surface area contributed by atoms with Crippen molar-refractivity contribution in [3.05, 3.63) is 28.0 Å². The molecule has 0 unspecified atom stereocenters. The summed E-state index contributed by atoms with van der Waals surface area (Å²) in [5.41, 5.74) is 2.45. The number of hydrogen-bond acceptors (Lipinski definition) is 3. The monoisotopic (exact) mass is 325 g/mol. The van der Waals surface area contributed by atoms with Crippen LogP contribution in [0.2, 0.25) is 0 Å². The van der Waals surface area contributed by atoms with E-state index in [1.54, 1.807) is 0 Å². The highest BCUT2D eigenvalue weighted by Crippen LogP contribution is 2.20. The van der Waals surface area contributed by atoms with E-state index in [0.717, 1.165) is 23.3 Å². The molecule has 1 aliphatic heterocycles. The lowest BCUT2D eigenvalue weighted by Crippen LogP contribution is -2.48. The quantitative estimate of drug-likeness (QED) is 0.901. The molecule has 1 N–H and O–H groups in total. The van der Waals surface area contributed by atoms with Gasteiger partial charge in [-0.25, -0.2) is 0 Å². The van der Waals surface area contributed by atoms with Crippen LogP contribution in [0.5, 0.6) is 0 Å². The molecule has 0 spiro atoms. The van der Waals surface area contributed by atoms with Crippen molar-refractivity contribution in [3.63, 3.8) is 0 Å². The van der Waals surface area contributed by atoms with Gasteiger partial charge in [0.25, 0.3) is 0 Å². The number of likely N-dealkylation sites (tertiary alicyclic amines) is 1. The summed E-state index contributed by atoms with van der Waals surface area (Å²) in [6.45, 7) is 11.1. The number of halogens is 1. The van der Waals surface area contributed by atoms with Crippen molar-refractivity contribution in [1.82, 2.24) is 15.2 Å². The topological polar surface area (TPSA) is 28.2 Å². The van der Waals surface area contributed by atoms with Crippen LogP contribution < -0.4 is 5.32 Å². The zero-order valence-corrected chi connectivity index (χ0v) is 13.8. The zero-order valence-electron chi connectivity index (χ0n) is 12.2. The number of pyridine rings is 1. The molecule has 4 heteroatoms. The van der Waals surface area contributed by atoms with Gasteiger partial charge in [-0.15, -0.1) is 0 Å². The molecule has 2 heterocycles. The van der Waals surface area contributed by atoms with Crippen molar-refractivity contribution in [2.75, 3.05) is 19.6 Å². The van der Waals surface area contributed by atoms with Crippen molar-refractivity contribution in [2.45, 2.75) is 45.7 Å². The van der Waals surface area contributed by atoms with Gasteiger partial charge in [-0.2, -0.15) is 0 Å². The smallest absolute Gasteiger partial charge is 0.0686 e. The molecular weight excluding hydrogens is 302 g/mol. The molecule has 0 saturated carbocycles. The number of aromatic nitrogens is 1. The van der Waals surface area contributed by atoms with Crippen molar-refractivity contribution in [1.29, 1.82) is 0 Å². The Kier molecular flexibility index (Phi) is 4.98. The van der Waals surface area contributed by atoms with Gasteiger partial charge in [-0.05, 0) is 74.3 Å². The van der Waals surface area contributed by atoms with Gasteiger partial charge in [-0.1, -0.05) is 0 Å². The highest BCUT2D eigenvalue weighted by molar-refractivity contribution is 9.10. The van der Waals surface area contributed by atoms with E-state index in [1.165, 1.54) is 31.5 Å². The SMILES string of the molecule is Cc1ccnc(CNC(C)(C)CN2CCCC2)c1Br. The second-order valence-corrected chi connectivity index (χ2v) is 6.90. The van der Waals surface area contributed by atoms with Crippen LogP contribution >= 0.6 is 15.9 Å². The van der Waals surface area contributed by atoms with Crippen LogP contribution in [0.3, 0.4) is 0 Å². The summed E-state index contributed by atoms with van der Waals surface area (Å²) in [5.74, 6) is 0. The minimum Gasteiger partial charge on any atom is -0.305 e. The van der Waals surface area contributed by atoms with Gasteiger partial charge in [0.05, 0.1) is 5.69 Å². The molecule has 0 aliphatic carbocycles. The summed E-state index contributed by atoms with van der Waals surface area (Å²) in [6.07, 6.45) is 4.58. The minimum absolute atomic E-state index is 0.120. The molecule has 1 aromatic heterocycles. The van der Waals surface area contributed by atoms with Crippen LogP contribution in [0.1, 0.15) is 37.9 Å². The molecule has 1 aromatic rings. The van der Waals surface area contributed by atoms with Crippen LogP contribution in [0.25, 0.3) is 0 Å². The average molecular weight is 326 g/mol. The first-order valence-corrected chi connectivity index (χ1v) is 7.85. The fourth-order valence-corrected chi connectivity index (χ4v) is 2.97. The minimum atomic E-state index is 0.120. The number of nitrogens with one attached hydrogen (secondary N) is 1. The van der Waals surface area contributed by atoms with E-state index in [0.29, 0.717) is 0 Å². The Morgan fingerprint density at radius 2 is 2.05 bits per heavy atom. The fraction of sp³-hybridized carbons (Fsp3) is 0.667. The van der Waals surface area contributed by atoms with Crippen molar-refractivity contribution in [3.8, 4) is 0 Å². The second kappa shape index (κ2) is 6.33. The maximum atomic E-state index is 4.45. The second-order valence-electron chi connectivity index (χ2n) is 6.11. The van der Waals surface area contributed by atoms with E-state index in [-0.39, 0.29) is 5.54 Å². The average Bonchev–Trinajstić information content (AvgIpc) is 2.83. The maximum Gasteiger partial charge on any atom is 0.0686 e. The zero-order chi connectivity index (χ0) is 13.9. The van der Waals surface area contributed by atoms with E-state index in [2.05, 4.69) is 51.9 Å². The van der Waals surface area contributed by atoms with Gasteiger partial charge >= 0.3 is 0 Å². The van der Waals surface area contributed by atoms with Gasteiger partial charge < -0.3 is 10.2 Å². The summed E-state index contributed by atoms with van der Waals surface area (Å²) < 4.78 is 1.12. The number of rotatable bonds is 5. The fourth-order valence-electron chi connectivity index (χ4n) is 2.60. The third-order valence-corrected chi connectivity index (χ3v) is 4.79. The van der Waals surface area contributed by atoms with E-state index < -0.39 is 0 Å². The molecule has 3 nitrogen and oxygen atoms in total. The Morgan fingerprint density at radius 3 is 2.74 bits per heavy atom. The maximum absolute atomic E-state index is 4.45. The van der Waals surface area contributed by atoms with Gasteiger partial charge in [0.15, 0.2) is 0 Å². The van der Waals surface area contributed by atoms with Crippen LogP contribution in [0.4, 0.5) is 0 Å². The van der Waals surface area contributed by atoms with Crippen LogP contribution in [0, 0.1) is 6.92 Å². The molecule has 2 rings (SSSR count). The number of nitrogens with zero attached hydrogens (tertiary/aromatic N) is 2. The Bertz CT molecular complexity index is 425.